The molecule has 2 atom stereocenters. The van der Waals surface area contributed by atoms with Crippen LogP contribution < -0.4 is 5.32 Å². The molecule has 19 heavy (non-hydrogen) atoms. The molecule has 3 nitrogen and oxygen atoms in total. The Morgan fingerprint density at radius 1 is 1.16 bits per heavy atom. The standard InChI is InChI=1S/C15H26N2O.ClH/c1-11(13-9-16-10-13)15(18)17-8-4-7-14(17)12-5-2-3-6-12;/h11-14,16H,2-10H2,1H3;1H. The topological polar surface area (TPSA) is 32.3 Å². The lowest BCUT2D eigenvalue weighted by molar-refractivity contribution is -0.139. The number of amides is 1. The highest BCUT2D eigenvalue weighted by Gasteiger charge is 2.39. The number of hydrogen-bond acceptors (Lipinski definition) is 2. The summed E-state index contributed by atoms with van der Waals surface area (Å²) in [6, 6.07) is 0.579. The number of carbonyl (C=O) groups excluding carboxylic acids is 1. The van der Waals surface area contributed by atoms with Crippen LogP contribution >= 0.6 is 12.4 Å². The summed E-state index contributed by atoms with van der Waals surface area (Å²) in [7, 11) is 0. The molecule has 2 heterocycles. The molecule has 1 aliphatic carbocycles. The van der Waals surface area contributed by atoms with Crippen LogP contribution in [0, 0.1) is 17.8 Å². The van der Waals surface area contributed by atoms with E-state index in [2.05, 4.69) is 17.1 Å². The monoisotopic (exact) mass is 286 g/mol. The van der Waals surface area contributed by atoms with Crippen LogP contribution in [-0.2, 0) is 4.79 Å². The number of halogens is 1. The Balaban J connectivity index is 0.00000133. The first-order chi connectivity index (χ1) is 8.77. The molecule has 1 N–H and O–H groups in total. The summed E-state index contributed by atoms with van der Waals surface area (Å²) in [4.78, 5) is 14.9. The van der Waals surface area contributed by atoms with Gasteiger partial charge in [-0.15, -0.1) is 12.4 Å². The van der Waals surface area contributed by atoms with E-state index >= 15 is 0 Å². The van der Waals surface area contributed by atoms with Crippen molar-refractivity contribution in [3.05, 3.63) is 0 Å². The van der Waals surface area contributed by atoms with Crippen LogP contribution in [0.4, 0.5) is 0 Å². The SMILES string of the molecule is CC(C(=O)N1CCCC1C1CCCC1)C1CNC1.Cl. The summed E-state index contributed by atoms with van der Waals surface area (Å²) in [6.07, 6.45) is 7.95. The zero-order chi connectivity index (χ0) is 12.5. The van der Waals surface area contributed by atoms with Gasteiger partial charge in [0, 0.05) is 18.5 Å². The number of rotatable bonds is 3. The van der Waals surface area contributed by atoms with E-state index in [9.17, 15) is 4.79 Å². The second kappa shape index (κ2) is 6.45. The van der Waals surface area contributed by atoms with Crippen LogP contribution in [0.3, 0.4) is 0 Å². The Morgan fingerprint density at radius 3 is 2.42 bits per heavy atom. The maximum absolute atomic E-state index is 12.6. The minimum absolute atomic E-state index is 0. The van der Waals surface area contributed by atoms with Gasteiger partial charge in [0.2, 0.25) is 5.91 Å². The second-order valence-corrected chi connectivity index (χ2v) is 6.49. The lowest BCUT2D eigenvalue weighted by atomic mass is 9.87. The molecule has 2 unspecified atom stereocenters. The van der Waals surface area contributed by atoms with Crippen molar-refractivity contribution < 1.29 is 4.79 Å². The lowest BCUT2D eigenvalue weighted by Crippen LogP contribution is -2.51. The van der Waals surface area contributed by atoms with Crippen molar-refractivity contribution in [2.75, 3.05) is 19.6 Å². The van der Waals surface area contributed by atoms with E-state index in [1.807, 2.05) is 0 Å². The molecular formula is C15H27ClN2O. The van der Waals surface area contributed by atoms with Crippen LogP contribution in [0.15, 0.2) is 0 Å². The molecule has 4 heteroatoms. The molecule has 2 saturated heterocycles. The summed E-state index contributed by atoms with van der Waals surface area (Å²) in [5.41, 5.74) is 0. The fraction of sp³-hybridized carbons (Fsp3) is 0.933. The zero-order valence-electron chi connectivity index (χ0n) is 11.9. The Bertz CT molecular complexity index is 313. The maximum Gasteiger partial charge on any atom is 0.226 e. The van der Waals surface area contributed by atoms with Crippen LogP contribution in [0.2, 0.25) is 0 Å². The summed E-state index contributed by atoms with van der Waals surface area (Å²) < 4.78 is 0. The summed E-state index contributed by atoms with van der Waals surface area (Å²) >= 11 is 0. The van der Waals surface area contributed by atoms with Gasteiger partial charge in [-0.1, -0.05) is 19.8 Å². The first-order valence-electron chi connectivity index (χ1n) is 7.78. The van der Waals surface area contributed by atoms with Crippen molar-refractivity contribution in [2.24, 2.45) is 17.8 Å². The van der Waals surface area contributed by atoms with Crippen molar-refractivity contribution in [2.45, 2.75) is 51.5 Å². The van der Waals surface area contributed by atoms with Gasteiger partial charge in [-0.05, 0) is 50.6 Å². The van der Waals surface area contributed by atoms with Gasteiger partial charge in [0.05, 0.1) is 0 Å². The molecule has 0 bridgehead atoms. The molecule has 2 aliphatic heterocycles. The summed E-state index contributed by atoms with van der Waals surface area (Å²) in [5.74, 6) is 2.06. The number of carbonyl (C=O) groups is 1. The first-order valence-corrected chi connectivity index (χ1v) is 7.78. The fourth-order valence-electron chi connectivity index (χ4n) is 4.03. The van der Waals surface area contributed by atoms with Gasteiger partial charge < -0.3 is 10.2 Å². The van der Waals surface area contributed by atoms with Crippen LogP contribution in [0.5, 0.6) is 0 Å². The molecule has 0 aromatic heterocycles. The number of hydrogen-bond donors (Lipinski definition) is 1. The quantitative estimate of drug-likeness (QED) is 0.864. The molecule has 110 valence electrons. The lowest BCUT2D eigenvalue weighted by Gasteiger charge is -2.37. The molecule has 3 aliphatic rings. The molecule has 3 fully saturated rings. The minimum Gasteiger partial charge on any atom is -0.339 e. The normalized spacial score (nSPS) is 29.9. The predicted octanol–water partition coefficient (Wildman–Crippen LogP) is 2.44. The zero-order valence-corrected chi connectivity index (χ0v) is 12.8. The molecule has 1 amide bonds. The van der Waals surface area contributed by atoms with Crippen LogP contribution in [-0.4, -0.2) is 36.5 Å². The van der Waals surface area contributed by atoms with Crippen molar-refractivity contribution in [3.63, 3.8) is 0 Å². The first kappa shape index (κ1) is 15.1. The van der Waals surface area contributed by atoms with Gasteiger partial charge in [-0.2, -0.15) is 0 Å². The third-order valence-electron chi connectivity index (χ3n) is 5.44. The van der Waals surface area contributed by atoms with E-state index < -0.39 is 0 Å². The van der Waals surface area contributed by atoms with Gasteiger partial charge in [0.25, 0.3) is 0 Å². The molecule has 3 rings (SSSR count). The van der Waals surface area contributed by atoms with Gasteiger partial charge in [0.1, 0.15) is 0 Å². The highest BCUT2D eigenvalue weighted by Crippen LogP contribution is 2.36. The smallest absolute Gasteiger partial charge is 0.226 e. The molecule has 1 saturated carbocycles. The van der Waals surface area contributed by atoms with E-state index in [1.165, 1.54) is 38.5 Å². The Kier molecular flexibility index (Phi) is 5.13. The second-order valence-electron chi connectivity index (χ2n) is 6.49. The largest absolute Gasteiger partial charge is 0.339 e. The molecule has 0 radical (unpaired) electrons. The van der Waals surface area contributed by atoms with Crippen molar-refractivity contribution >= 4 is 18.3 Å². The maximum atomic E-state index is 12.6. The molecule has 0 spiro atoms. The number of likely N-dealkylation sites (tertiary alicyclic amines) is 1. The van der Waals surface area contributed by atoms with E-state index in [0.717, 1.165) is 25.6 Å². The van der Waals surface area contributed by atoms with Gasteiger partial charge in [-0.25, -0.2) is 0 Å². The van der Waals surface area contributed by atoms with E-state index in [1.54, 1.807) is 0 Å². The van der Waals surface area contributed by atoms with Gasteiger partial charge in [-0.3, -0.25) is 4.79 Å². The number of nitrogens with one attached hydrogen (secondary N) is 1. The Labute approximate surface area is 122 Å². The van der Waals surface area contributed by atoms with Crippen LogP contribution in [0.1, 0.15) is 45.4 Å². The molecule has 0 aromatic rings. The third kappa shape index (κ3) is 2.92. The van der Waals surface area contributed by atoms with E-state index in [-0.39, 0.29) is 18.3 Å². The van der Waals surface area contributed by atoms with Crippen molar-refractivity contribution in [3.8, 4) is 0 Å². The van der Waals surface area contributed by atoms with E-state index in [4.69, 9.17) is 0 Å². The molecular weight excluding hydrogens is 260 g/mol. The minimum atomic E-state index is 0. The Hall–Kier alpha value is -0.280. The molecule has 0 aromatic carbocycles. The van der Waals surface area contributed by atoms with Crippen LogP contribution in [0.25, 0.3) is 0 Å². The summed E-state index contributed by atoms with van der Waals surface area (Å²) in [5, 5.41) is 3.28. The fourth-order valence-corrected chi connectivity index (χ4v) is 4.03. The van der Waals surface area contributed by atoms with Gasteiger partial charge >= 0.3 is 0 Å². The summed E-state index contributed by atoms with van der Waals surface area (Å²) in [6.45, 7) is 5.23. The number of nitrogens with zero attached hydrogens (tertiary/aromatic N) is 1. The predicted molar refractivity (Wildman–Crippen MR) is 79.5 cm³/mol. The Morgan fingerprint density at radius 2 is 1.84 bits per heavy atom. The van der Waals surface area contributed by atoms with Crippen molar-refractivity contribution in [1.82, 2.24) is 10.2 Å². The average molecular weight is 287 g/mol. The van der Waals surface area contributed by atoms with E-state index in [0.29, 0.717) is 17.9 Å². The van der Waals surface area contributed by atoms with Gasteiger partial charge in [0.15, 0.2) is 0 Å². The third-order valence-corrected chi connectivity index (χ3v) is 5.44. The highest BCUT2D eigenvalue weighted by atomic mass is 35.5. The highest BCUT2D eigenvalue weighted by molar-refractivity contribution is 5.85. The van der Waals surface area contributed by atoms with Crippen molar-refractivity contribution in [1.29, 1.82) is 0 Å². The average Bonchev–Trinajstić information content (AvgIpc) is 2.95.